The van der Waals surface area contributed by atoms with Gasteiger partial charge in [0.1, 0.15) is 17.0 Å². The van der Waals surface area contributed by atoms with Gasteiger partial charge in [-0.05, 0) is 24.3 Å². The fourth-order valence-corrected chi connectivity index (χ4v) is 2.20. The molecule has 0 atom stereocenters. The number of nitrogens with zero attached hydrogens (tertiary/aromatic N) is 2. The first kappa shape index (κ1) is 16.1. The van der Waals surface area contributed by atoms with Crippen molar-refractivity contribution in [2.75, 3.05) is 14.1 Å². The van der Waals surface area contributed by atoms with Gasteiger partial charge in [0.25, 0.3) is 0 Å². The van der Waals surface area contributed by atoms with Gasteiger partial charge in [-0.1, -0.05) is 23.7 Å². The van der Waals surface area contributed by atoms with Gasteiger partial charge in [0.2, 0.25) is 5.89 Å². The quantitative estimate of drug-likeness (QED) is 0.711. The van der Waals surface area contributed by atoms with E-state index < -0.39 is 6.09 Å². The van der Waals surface area contributed by atoms with Gasteiger partial charge in [0.05, 0.1) is 5.02 Å². The Kier molecular flexibility index (Phi) is 4.57. The van der Waals surface area contributed by atoms with Crippen LogP contribution in [0.5, 0.6) is 11.5 Å². The lowest BCUT2D eigenvalue weighted by Gasteiger charge is -2.12. The standard InChI is InChI=1S/C17H15ClN2O4/c1-20(2)17(21)23-11-7-8-14(12(18)9-11)22-10-16-19-13-5-3-4-6-15(13)24-16/h3-9H,10H2,1-2H3. The molecule has 0 saturated carbocycles. The molecule has 124 valence electrons. The summed E-state index contributed by atoms with van der Waals surface area (Å²) in [6.07, 6.45) is -0.480. The Morgan fingerprint density at radius 1 is 1.25 bits per heavy atom. The molecule has 7 heteroatoms. The number of carbonyl (C=O) groups is 1. The van der Waals surface area contributed by atoms with Crippen molar-refractivity contribution in [2.45, 2.75) is 6.61 Å². The molecule has 0 N–H and O–H groups in total. The molecule has 2 aromatic carbocycles. The second kappa shape index (κ2) is 6.80. The molecule has 1 amide bonds. The van der Waals surface area contributed by atoms with E-state index in [0.29, 0.717) is 28.0 Å². The lowest BCUT2D eigenvalue weighted by Crippen LogP contribution is -2.25. The minimum Gasteiger partial charge on any atom is -0.482 e. The van der Waals surface area contributed by atoms with Crippen LogP contribution in [-0.2, 0) is 6.61 Å². The molecular formula is C17H15ClN2O4. The van der Waals surface area contributed by atoms with Crippen LogP contribution in [0.2, 0.25) is 5.02 Å². The van der Waals surface area contributed by atoms with Gasteiger partial charge in [-0.25, -0.2) is 9.78 Å². The van der Waals surface area contributed by atoms with Crippen molar-refractivity contribution >= 4 is 28.8 Å². The number of oxazole rings is 1. The van der Waals surface area contributed by atoms with E-state index in [4.69, 9.17) is 25.5 Å². The number of ether oxygens (including phenoxy) is 2. The Morgan fingerprint density at radius 3 is 2.75 bits per heavy atom. The lowest BCUT2D eigenvalue weighted by molar-refractivity contribution is 0.172. The molecule has 24 heavy (non-hydrogen) atoms. The molecule has 3 rings (SSSR count). The van der Waals surface area contributed by atoms with Crippen LogP contribution in [0.25, 0.3) is 11.1 Å². The highest BCUT2D eigenvalue weighted by atomic mass is 35.5. The molecule has 0 saturated heterocycles. The predicted octanol–water partition coefficient (Wildman–Crippen LogP) is 4.12. The third kappa shape index (κ3) is 3.60. The normalized spacial score (nSPS) is 10.6. The molecule has 0 aliphatic rings. The van der Waals surface area contributed by atoms with Crippen molar-refractivity contribution in [3.8, 4) is 11.5 Å². The Labute approximate surface area is 143 Å². The van der Waals surface area contributed by atoms with E-state index >= 15 is 0 Å². The van der Waals surface area contributed by atoms with Crippen LogP contribution in [-0.4, -0.2) is 30.1 Å². The van der Waals surface area contributed by atoms with Gasteiger partial charge in [-0.15, -0.1) is 0 Å². The fourth-order valence-electron chi connectivity index (χ4n) is 1.98. The second-order valence-electron chi connectivity index (χ2n) is 5.22. The molecule has 0 aliphatic heterocycles. The van der Waals surface area contributed by atoms with Crippen LogP contribution >= 0.6 is 11.6 Å². The number of amides is 1. The van der Waals surface area contributed by atoms with Crippen LogP contribution in [0.1, 0.15) is 5.89 Å². The van der Waals surface area contributed by atoms with Crippen LogP contribution in [0, 0.1) is 0 Å². The minimum absolute atomic E-state index is 0.144. The number of benzene rings is 2. The highest BCUT2D eigenvalue weighted by Gasteiger charge is 2.11. The van der Waals surface area contributed by atoms with Crippen molar-refractivity contribution < 1.29 is 18.7 Å². The van der Waals surface area contributed by atoms with Crippen LogP contribution in [0.3, 0.4) is 0 Å². The zero-order valence-electron chi connectivity index (χ0n) is 13.2. The third-order valence-corrected chi connectivity index (χ3v) is 3.46. The Bertz CT molecular complexity index is 843. The van der Waals surface area contributed by atoms with E-state index in [1.165, 1.54) is 11.0 Å². The monoisotopic (exact) mass is 346 g/mol. The van der Waals surface area contributed by atoms with Crippen molar-refractivity contribution in [3.05, 3.63) is 53.4 Å². The number of aromatic nitrogens is 1. The number of hydrogen-bond donors (Lipinski definition) is 0. The van der Waals surface area contributed by atoms with Crippen LogP contribution < -0.4 is 9.47 Å². The maximum absolute atomic E-state index is 11.5. The highest BCUT2D eigenvalue weighted by Crippen LogP contribution is 2.30. The van der Waals surface area contributed by atoms with Gasteiger partial charge in [-0.2, -0.15) is 0 Å². The fraction of sp³-hybridized carbons (Fsp3) is 0.176. The summed E-state index contributed by atoms with van der Waals surface area (Å²) in [5.74, 6) is 1.24. The molecule has 0 fully saturated rings. The number of rotatable bonds is 4. The average molecular weight is 347 g/mol. The smallest absolute Gasteiger partial charge is 0.414 e. The number of fused-ring (bicyclic) bond motifs is 1. The summed E-state index contributed by atoms with van der Waals surface area (Å²) in [7, 11) is 3.20. The Balaban J connectivity index is 1.67. The molecule has 0 aliphatic carbocycles. The van der Waals surface area contributed by atoms with Gasteiger partial charge in [-0.3, -0.25) is 0 Å². The highest BCUT2D eigenvalue weighted by molar-refractivity contribution is 6.32. The molecule has 0 radical (unpaired) electrons. The first-order valence-electron chi connectivity index (χ1n) is 7.19. The van der Waals surface area contributed by atoms with Gasteiger partial charge < -0.3 is 18.8 Å². The zero-order chi connectivity index (χ0) is 17.1. The summed E-state index contributed by atoms with van der Waals surface area (Å²) >= 11 is 6.16. The number of hydrogen-bond acceptors (Lipinski definition) is 5. The largest absolute Gasteiger partial charge is 0.482 e. The SMILES string of the molecule is CN(C)C(=O)Oc1ccc(OCc2nc3ccccc3o2)c(Cl)c1. The molecule has 0 unspecified atom stereocenters. The van der Waals surface area contributed by atoms with Crippen LogP contribution in [0.15, 0.2) is 46.9 Å². The first-order chi connectivity index (χ1) is 11.5. The molecule has 1 heterocycles. The van der Waals surface area contributed by atoms with Gasteiger partial charge >= 0.3 is 6.09 Å². The Hall–Kier alpha value is -2.73. The molecule has 6 nitrogen and oxygen atoms in total. The predicted molar refractivity (Wildman–Crippen MR) is 89.5 cm³/mol. The molecular weight excluding hydrogens is 332 g/mol. The van der Waals surface area contributed by atoms with Gasteiger partial charge in [0, 0.05) is 20.2 Å². The van der Waals surface area contributed by atoms with E-state index in [1.54, 1.807) is 26.2 Å². The lowest BCUT2D eigenvalue weighted by atomic mass is 10.3. The van der Waals surface area contributed by atoms with Gasteiger partial charge in [0.15, 0.2) is 12.2 Å². The summed E-state index contributed by atoms with van der Waals surface area (Å²) in [5, 5.41) is 0.329. The molecule has 3 aromatic rings. The summed E-state index contributed by atoms with van der Waals surface area (Å²) in [5.41, 5.74) is 1.47. The zero-order valence-corrected chi connectivity index (χ0v) is 13.9. The average Bonchev–Trinajstić information content (AvgIpc) is 2.96. The minimum atomic E-state index is -0.480. The van der Waals surface area contributed by atoms with E-state index in [-0.39, 0.29) is 6.61 Å². The number of para-hydroxylation sites is 2. The van der Waals surface area contributed by atoms with E-state index in [0.717, 1.165) is 5.52 Å². The second-order valence-corrected chi connectivity index (χ2v) is 5.63. The van der Waals surface area contributed by atoms with Crippen molar-refractivity contribution in [3.63, 3.8) is 0 Å². The van der Waals surface area contributed by atoms with Crippen molar-refractivity contribution in [2.24, 2.45) is 0 Å². The summed E-state index contributed by atoms with van der Waals surface area (Å²) in [6, 6.07) is 12.2. The van der Waals surface area contributed by atoms with Crippen LogP contribution in [0.4, 0.5) is 4.79 Å². The topological polar surface area (TPSA) is 64.8 Å². The number of carbonyl (C=O) groups excluding carboxylic acids is 1. The molecule has 1 aromatic heterocycles. The van der Waals surface area contributed by atoms with Crippen molar-refractivity contribution in [1.29, 1.82) is 0 Å². The molecule has 0 spiro atoms. The summed E-state index contributed by atoms with van der Waals surface area (Å²) < 4.78 is 16.3. The number of halogens is 1. The van der Waals surface area contributed by atoms with E-state index in [2.05, 4.69) is 4.98 Å². The van der Waals surface area contributed by atoms with E-state index in [9.17, 15) is 4.79 Å². The first-order valence-corrected chi connectivity index (χ1v) is 7.56. The summed E-state index contributed by atoms with van der Waals surface area (Å²) in [6.45, 7) is 0.144. The maximum Gasteiger partial charge on any atom is 0.414 e. The third-order valence-electron chi connectivity index (χ3n) is 3.16. The Morgan fingerprint density at radius 2 is 2.04 bits per heavy atom. The van der Waals surface area contributed by atoms with Crippen molar-refractivity contribution in [1.82, 2.24) is 9.88 Å². The van der Waals surface area contributed by atoms with E-state index in [1.807, 2.05) is 24.3 Å². The summed E-state index contributed by atoms with van der Waals surface area (Å²) in [4.78, 5) is 17.2. The maximum atomic E-state index is 11.5. The molecule has 0 bridgehead atoms.